The van der Waals surface area contributed by atoms with E-state index < -0.39 is 5.63 Å². The number of unbranched alkanes of at least 4 members (excludes halogenated alkanes) is 1. The molecule has 212 valence electrons. The predicted octanol–water partition coefficient (Wildman–Crippen LogP) is 2.31. The highest BCUT2D eigenvalue weighted by Gasteiger charge is 2.42. The van der Waals surface area contributed by atoms with Crippen molar-refractivity contribution in [2.24, 2.45) is 0 Å². The minimum atomic E-state index is -0.543. The number of benzene rings is 1. The first-order chi connectivity index (χ1) is 19.3. The molecule has 0 spiro atoms. The van der Waals surface area contributed by atoms with E-state index in [1.54, 1.807) is 6.07 Å². The number of thioether (sulfide) groups is 1. The Hall–Kier alpha value is -3.80. The maximum atomic E-state index is 12.4. The third kappa shape index (κ3) is 6.16. The van der Waals surface area contributed by atoms with Crippen LogP contribution in [0, 0.1) is 0 Å². The van der Waals surface area contributed by atoms with Crippen LogP contribution in [-0.2, 0) is 25.7 Å². The second-order valence-corrected chi connectivity index (χ2v) is 11.3. The van der Waals surface area contributed by atoms with E-state index >= 15 is 0 Å². The molecule has 4 heterocycles. The smallest absolute Gasteiger partial charge is 0.336 e. The van der Waals surface area contributed by atoms with Crippen molar-refractivity contribution in [1.82, 2.24) is 15.5 Å². The van der Waals surface area contributed by atoms with Gasteiger partial charge >= 0.3 is 17.6 Å². The Morgan fingerprint density at radius 2 is 1.93 bits per heavy atom. The van der Waals surface area contributed by atoms with Gasteiger partial charge in [0, 0.05) is 78.0 Å². The maximum absolute atomic E-state index is 12.4. The van der Waals surface area contributed by atoms with Crippen molar-refractivity contribution in [1.29, 1.82) is 0 Å². The number of hydrogen-bond donors (Lipinski definition) is 2. The van der Waals surface area contributed by atoms with Crippen LogP contribution in [0.25, 0.3) is 11.0 Å². The third-order valence-corrected chi connectivity index (χ3v) is 9.01. The number of carbonyl (C=O) groups excluding carboxylic acids is 4. The van der Waals surface area contributed by atoms with Crippen LogP contribution in [-0.4, -0.2) is 71.4 Å². The van der Waals surface area contributed by atoms with E-state index in [2.05, 4.69) is 10.6 Å². The number of urea groups is 1. The number of nitrogens with zero attached hydrogens (tertiary/aromatic N) is 2. The Kier molecular flexibility index (Phi) is 8.43. The van der Waals surface area contributed by atoms with E-state index in [1.807, 2.05) is 35.7 Å². The van der Waals surface area contributed by atoms with Gasteiger partial charge in [-0.1, -0.05) is 6.42 Å². The molecular formula is C28H32N4O7S. The average Bonchev–Trinajstić information content (AvgIpc) is 3.59. The van der Waals surface area contributed by atoms with Crippen molar-refractivity contribution in [2.75, 3.05) is 30.3 Å². The molecule has 3 aliphatic heterocycles. The fourth-order valence-electron chi connectivity index (χ4n) is 5.37. The molecule has 3 atom stereocenters. The van der Waals surface area contributed by atoms with Crippen LogP contribution in [0.4, 0.5) is 10.5 Å². The van der Waals surface area contributed by atoms with E-state index in [1.165, 1.54) is 23.1 Å². The minimum Gasteiger partial charge on any atom is -0.461 e. The molecule has 2 fully saturated rings. The van der Waals surface area contributed by atoms with E-state index in [0.29, 0.717) is 41.3 Å². The molecular weight excluding hydrogens is 536 g/mol. The van der Waals surface area contributed by atoms with Crippen molar-refractivity contribution in [3.63, 3.8) is 0 Å². The molecule has 1 aromatic heterocycles. The molecule has 12 heteroatoms. The molecule has 2 aromatic rings. The highest BCUT2D eigenvalue weighted by molar-refractivity contribution is 8.00. The molecule has 0 saturated carbocycles. The van der Waals surface area contributed by atoms with Crippen molar-refractivity contribution >= 4 is 52.2 Å². The van der Waals surface area contributed by atoms with E-state index in [4.69, 9.17) is 9.15 Å². The number of nitrogens with one attached hydrogen (secondary N) is 2. The van der Waals surface area contributed by atoms with Crippen LogP contribution in [0.1, 0.15) is 38.2 Å². The summed E-state index contributed by atoms with van der Waals surface area (Å²) in [6.45, 7) is 3.20. The number of imide groups is 1. The van der Waals surface area contributed by atoms with Gasteiger partial charge in [-0.2, -0.15) is 11.8 Å². The van der Waals surface area contributed by atoms with Crippen LogP contribution in [0.5, 0.6) is 0 Å². The Balaban J connectivity index is 1.13. The number of hydrogen-bond acceptors (Lipinski definition) is 9. The summed E-state index contributed by atoms with van der Waals surface area (Å²) in [7, 11) is 0. The van der Waals surface area contributed by atoms with Crippen LogP contribution >= 0.6 is 11.8 Å². The van der Waals surface area contributed by atoms with Gasteiger partial charge in [-0.25, -0.2) is 9.59 Å². The highest BCUT2D eigenvalue weighted by Crippen LogP contribution is 2.33. The lowest BCUT2D eigenvalue weighted by molar-refractivity contribution is -0.145. The van der Waals surface area contributed by atoms with Crippen molar-refractivity contribution in [3.05, 3.63) is 52.4 Å². The molecule has 1 aromatic carbocycles. The molecule has 0 unspecified atom stereocenters. The summed E-state index contributed by atoms with van der Waals surface area (Å²) in [6, 6.07) is 7.01. The standard InChI is InChI=1S/C28H32N4O7S/c1-2-31(11-12-32-23(33)9-10-24(32)34)18-7-8-19-17(13-26(36)39-21(19)14-18)15-38-25(35)6-4-3-5-22-27-20(16-40-22)29-28(37)30-27/h7-10,13-14,20,22,27H,2-6,11-12,15-16H2,1H3,(H2,29,30,37)/t20-,22-,27-/m0/s1. The Morgan fingerprint density at radius 3 is 2.70 bits per heavy atom. The zero-order valence-electron chi connectivity index (χ0n) is 22.2. The summed E-state index contributed by atoms with van der Waals surface area (Å²) in [5, 5.41) is 6.93. The van der Waals surface area contributed by atoms with Gasteiger partial charge in [0.2, 0.25) is 0 Å². The van der Waals surface area contributed by atoms with Gasteiger partial charge in [-0.3, -0.25) is 19.3 Å². The van der Waals surface area contributed by atoms with Gasteiger partial charge in [-0.05, 0) is 31.9 Å². The van der Waals surface area contributed by atoms with Crippen molar-refractivity contribution in [3.8, 4) is 0 Å². The van der Waals surface area contributed by atoms with Gasteiger partial charge < -0.3 is 24.7 Å². The van der Waals surface area contributed by atoms with Gasteiger partial charge in [0.1, 0.15) is 12.2 Å². The van der Waals surface area contributed by atoms with Gasteiger partial charge in [0.25, 0.3) is 11.8 Å². The van der Waals surface area contributed by atoms with Crippen LogP contribution in [0.3, 0.4) is 0 Å². The van der Waals surface area contributed by atoms with Crippen LogP contribution < -0.4 is 21.2 Å². The lowest BCUT2D eigenvalue weighted by atomic mass is 10.0. The maximum Gasteiger partial charge on any atom is 0.336 e. The average molecular weight is 569 g/mol. The summed E-state index contributed by atoms with van der Waals surface area (Å²) >= 11 is 1.85. The van der Waals surface area contributed by atoms with Gasteiger partial charge in [0.15, 0.2) is 0 Å². The molecule has 11 nitrogen and oxygen atoms in total. The second kappa shape index (κ2) is 12.2. The summed E-state index contributed by atoms with van der Waals surface area (Å²) in [6.07, 6.45) is 5.27. The largest absolute Gasteiger partial charge is 0.461 e. The predicted molar refractivity (Wildman–Crippen MR) is 150 cm³/mol. The number of ether oxygens (including phenoxy) is 1. The third-order valence-electron chi connectivity index (χ3n) is 7.50. The topological polar surface area (TPSA) is 138 Å². The number of anilines is 1. The fourth-order valence-corrected chi connectivity index (χ4v) is 6.91. The highest BCUT2D eigenvalue weighted by atomic mass is 32.2. The van der Waals surface area contributed by atoms with Crippen molar-refractivity contribution in [2.45, 2.75) is 56.5 Å². The van der Waals surface area contributed by atoms with Gasteiger partial charge in [-0.15, -0.1) is 0 Å². The lowest BCUT2D eigenvalue weighted by Crippen LogP contribution is -2.38. The minimum absolute atomic E-state index is 0.0378. The molecule has 4 amide bonds. The van der Waals surface area contributed by atoms with E-state index in [0.717, 1.165) is 24.3 Å². The number of rotatable bonds is 12. The lowest BCUT2D eigenvalue weighted by Gasteiger charge is -2.25. The van der Waals surface area contributed by atoms with Crippen LogP contribution in [0.2, 0.25) is 0 Å². The number of carbonyl (C=O) groups is 4. The van der Waals surface area contributed by atoms with E-state index in [9.17, 15) is 24.0 Å². The fraction of sp³-hybridized carbons (Fsp3) is 0.464. The Bertz CT molecular complexity index is 1390. The molecule has 0 aliphatic carbocycles. The number of likely N-dealkylation sites (N-methyl/N-ethyl adjacent to an activating group) is 1. The normalized spacial score (nSPS) is 21.6. The second-order valence-electron chi connectivity index (χ2n) is 10.0. The first-order valence-corrected chi connectivity index (χ1v) is 14.6. The Labute approximate surface area is 235 Å². The van der Waals surface area contributed by atoms with E-state index in [-0.39, 0.29) is 55.5 Å². The Morgan fingerprint density at radius 1 is 1.12 bits per heavy atom. The first-order valence-electron chi connectivity index (χ1n) is 13.5. The zero-order chi connectivity index (χ0) is 28.2. The molecule has 2 saturated heterocycles. The molecule has 5 rings (SSSR count). The quantitative estimate of drug-likeness (QED) is 0.130. The van der Waals surface area contributed by atoms with Crippen molar-refractivity contribution < 1.29 is 28.3 Å². The summed E-state index contributed by atoms with van der Waals surface area (Å²) in [5.41, 5.74) is 1.16. The first kappa shape index (κ1) is 27.8. The van der Waals surface area contributed by atoms with Gasteiger partial charge in [0.05, 0.1) is 12.1 Å². The summed E-state index contributed by atoms with van der Waals surface area (Å²) < 4.78 is 10.9. The van der Waals surface area contributed by atoms with Crippen LogP contribution in [0.15, 0.2) is 45.6 Å². The number of amides is 4. The molecule has 2 N–H and O–H groups in total. The molecule has 40 heavy (non-hydrogen) atoms. The molecule has 0 radical (unpaired) electrons. The molecule has 0 bridgehead atoms. The SMILES string of the molecule is CCN(CCN1C(=O)C=CC1=O)c1ccc2c(COC(=O)CCCC[C@@H]3SC[C@@H]4NC(=O)N[C@@H]43)cc(=O)oc2c1. The summed E-state index contributed by atoms with van der Waals surface area (Å²) in [4.78, 5) is 63.1. The monoisotopic (exact) mass is 568 g/mol. The number of esters is 1. The number of fused-ring (bicyclic) bond motifs is 2. The summed E-state index contributed by atoms with van der Waals surface area (Å²) in [5.74, 6) is -0.0751. The zero-order valence-corrected chi connectivity index (χ0v) is 23.0. The molecule has 3 aliphatic rings.